The molecule has 6 heteroatoms. The molecule has 1 fully saturated rings. The van der Waals surface area contributed by atoms with Crippen LogP contribution in [0.15, 0.2) is 18.2 Å². The SMILES string of the molecule is Cc1ccc(C(=O)N2CCN(CCC(=O)O)CC2)c(Cl)c1. The number of halogens is 1. The molecule has 1 aromatic rings. The second-order valence-electron chi connectivity index (χ2n) is 5.26. The third-order valence-electron chi connectivity index (χ3n) is 3.66. The first-order valence-corrected chi connectivity index (χ1v) is 7.35. The zero-order valence-electron chi connectivity index (χ0n) is 12.0. The fourth-order valence-corrected chi connectivity index (χ4v) is 2.71. The van der Waals surface area contributed by atoms with Crippen molar-refractivity contribution in [3.05, 3.63) is 34.3 Å². The summed E-state index contributed by atoms with van der Waals surface area (Å²) in [5.74, 6) is -0.849. The van der Waals surface area contributed by atoms with Crippen molar-refractivity contribution >= 4 is 23.5 Å². The molecular formula is C15H19ClN2O3. The summed E-state index contributed by atoms with van der Waals surface area (Å²) in [6.07, 6.45) is 0.137. The Morgan fingerprint density at radius 2 is 1.90 bits per heavy atom. The van der Waals surface area contributed by atoms with Gasteiger partial charge in [0.15, 0.2) is 0 Å². The maximum atomic E-state index is 12.4. The van der Waals surface area contributed by atoms with E-state index in [9.17, 15) is 9.59 Å². The molecule has 5 nitrogen and oxygen atoms in total. The van der Waals surface area contributed by atoms with Crippen LogP contribution in [0, 0.1) is 6.92 Å². The average molecular weight is 311 g/mol. The number of carbonyl (C=O) groups excluding carboxylic acids is 1. The van der Waals surface area contributed by atoms with Gasteiger partial charge in [-0.1, -0.05) is 17.7 Å². The van der Waals surface area contributed by atoms with Crippen LogP contribution in [0.3, 0.4) is 0 Å². The molecule has 0 unspecified atom stereocenters. The molecule has 21 heavy (non-hydrogen) atoms. The molecule has 114 valence electrons. The predicted octanol–water partition coefficient (Wildman–Crippen LogP) is 1.88. The lowest BCUT2D eigenvalue weighted by molar-refractivity contribution is -0.137. The average Bonchev–Trinajstić information content (AvgIpc) is 2.45. The van der Waals surface area contributed by atoms with Gasteiger partial charge in [0.05, 0.1) is 17.0 Å². The molecule has 1 saturated heterocycles. The first-order valence-electron chi connectivity index (χ1n) is 6.97. The molecule has 1 heterocycles. The number of aryl methyl sites for hydroxylation is 1. The first kappa shape index (κ1) is 15.8. The van der Waals surface area contributed by atoms with Gasteiger partial charge in [-0.3, -0.25) is 14.5 Å². The molecule has 2 rings (SSSR count). The highest BCUT2D eigenvalue weighted by molar-refractivity contribution is 6.33. The number of nitrogens with zero attached hydrogens (tertiary/aromatic N) is 2. The lowest BCUT2D eigenvalue weighted by Crippen LogP contribution is -2.49. The molecule has 0 aromatic heterocycles. The smallest absolute Gasteiger partial charge is 0.304 e. The van der Waals surface area contributed by atoms with Crippen LogP contribution in [0.2, 0.25) is 5.02 Å². The fourth-order valence-electron chi connectivity index (χ4n) is 2.39. The van der Waals surface area contributed by atoms with Gasteiger partial charge in [0.25, 0.3) is 5.91 Å². The third-order valence-corrected chi connectivity index (χ3v) is 3.97. The van der Waals surface area contributed by atoms with Crippen LogP contribution in [0.4, 0.5) is 0 Å². The summed E-state index contributed by atoms with van der Waals surface area (Å²) in [6.45, 7) is 5.06. The van der Waals surface area contributed by atoms with Crippen molar-refractivity contribution in [2.24, 2.45) is 0 Å². The largest absolute Gasteiger partial charge is 0.481 e. The van der Waals surface area contributed by atoms with Crippen molar-refractivity contribution in [3.8, 4) is 0 Å². The van der Waals surface area contributed by atoms with Gasteiger partial charge in [0.1, 0.15) is 0 Å². The van der Waals surface area contributed by atoms with Crippen LogP contribution < -0.4 is 0 Å². The molecule has 0 aliphatic carbocycles. The van der Waals surface area contributed by atoms with Crippen molar-refractivity contribution in [3.63, 3.8) is 0 Å². The Hall–Kier alpha value is -1.59. The van der Waals surface area contributed by atoms with Crippen LogP contribution in [-0.2, 0) is 4.79 Å². The highest BCUT2D eigenvalue weighted by Gasteiger charge is 2.23. The number of carbonyl (C=O) groups is 2. The first-order chi connectivity index (χ1) is 9.97. The monoisotopic (exact) mass is 310 g/mol. The summed E-state index contributed by atoms with van der Waals surface area (Å²) in [5, 5.41) is 9.16. The number of amides is 1. The Labute approximate surface area is 129 Å². The second kappa shape index (κ2) is 6.91. The number of hydrogen-bond donors (Lipinski definition) is 1. The topological polar surface area (TPSA) is 60.9 Å². The van der Waals surface area contributed by atoms with Gasteiger partial charge in [-0.2, -0.15) is 0 Å². The van der Waals surface area contributed by atoms with Crippen molar-refractivity contribution < 1.29 is 14.7 Å². The summed E-state index contributed by atoms with van der Waals surface area (Å²) >= 11 is 6.13. The fraction of sp³-hybridized carbons (Fsp3) is 0.467. The lowest BCUT2D eigenvalue weighted by Gasteiger charge is -2.34. The molecule has 0 spiro atoms. The maximum absolute atomic E-state index is 12.4. The predicted molar refractivity (Wildman–Crippen MR) is 80.8 cm³/mol. The molecule has 0 atom stereocenters. The number of rotatable bonds is 4. The van der Waals surface area contributed by atoms with Crippen LogP contribution in [0.25, 0.3) is 0 Å². The minimum atomic E-state index is -0.792. The van der Waals surface area contributed by atoms with Crippen LogP contribution in [-0.4, -0.2) is 59.5 Å². The molecule has 0 saturated carbocycles. The van der Waals surface area contributed by atoms with Crippen LogP contribution in [0.5, 0.6) is 0 Å². The zero-order valence-corrected chi connectivity index (χ0v) is 12.8. The summed E-state index contributed by atoms with van der Waals surface area (Å²) < 4.78 is 0. The lowest BCUT2D eigenvalue weighted by atomic mass is 10.1. The standard InChI is InChI=1S/C15H19ClN2O3/c1-11-2-3-12(13(16)10-11)15(21)18-8-6-17(7-9-18)5-4-14(19)20/h2-3,10H,4-9H2,1H3,(H,19,20). The van der Waals surface area contributed by atoms with Crippen LogP contribution >= 0.6 is 11.6 Å². The van der Waals surface area contributed by atoms with Gasteiger partial charge in [0.2, 0.25) is 0 Å². The van der Waals surface area contributed by atoms with E-state index in [1.54, 1.807) is 17.0 Å². The number of aliphatic carboxylic acids is 1. The van der Waals surface area contributed by atoms with Crippen molar-refractivity contribution in [2.75, 3.05) is 32.7 Å². The van der Waals surface area contributed by atoms with E-state index in [-0.39, 0.29) is 12.3 Å². The van der Waals surface area contributed by atoms with E-state index in [1.165, 1.54) is 0 Å². The number of piperazine rings is 1. The van der Waals surface area contributed by atoms with Gasteiger partial charge >= 0.3 is 5.97 Å². The minimum absolute atomic E-state index is 0.0575. The number of carboxylic acid groups (broad SMARTS) is 1. The number of carboxylic acids is 1. The van der Waals surface area contributed by atoms with Crippen LogP contribution in [0.1, 0.15) is 22.3 Å². The molecule has 1 amide bonds. The van der Waals surface area contributed by atoms with E-state index >= 15 is 0 Å². The zero-order chi connectivity index (χ0) is 15.4. The highest BCUT2D eigenvalue weighted by atomic mass is 35.5. The molecular weight excluding hydrogens is 292 g/mol. The number of hydrogen-bond acceptors (Lipinski definition) is 3. The minimum Gasteiger partial charge on any atom is -0.481 e. The van der Waals surface area contributed by atoms with Crippen molar-refractivity contribution in [1.82, 2.24) is 9.80 Å². The quantitative estimate of drug-likeness (QED) is 0.922. The summed E-state index contributed by atoms with van der Waals surface area (Å²) in [7, 11) is 0. The Balaban J connectivity index is 1.92. The Kier molecular flexibility index (Phi) is 5.20. The summed E-state index contributed by atoms with van der Waals surface area (Å²) in [4.78, 5) is 26.8. The van der Waals surface area contributed by atoms with Crippen molar-refractivity contribution in [1.29, 1.82) is 0 Å². The maximum Gasteiger partial charge on any atom is 0.304 e. The molecule has 1 N–H and O–H groups in total. The Morgan fingerprint density at radius 3 is 2.48 bits per heavy atom. The van der Waals surface area contributed by atoms with E-state index < -0.39 is 5.97 Å². The number of benzene rings is 1. The summed E-state index contributed by atoms with van der Waals surface area (Å²) in [6, 6.07) is 5.43. The van der Waals surface area contributed by atoms with E-state index in [1.807, 2.05) is 13.0 Å². The van der Waals surface area contributed by atoms with Gasteiger partial charge in [-0.15, -0.1) is 0 Å². The van der Waals surface area contributed by atoms with Crippen molar-refractivity contribution in [2.45, 2.75) is 13.3 Å². The highest BCUT2D eigenvalue weighted by Crippen LogP contribution is 2.20. The van der Waals surface area contributed by atoms with E-state index in [0.717, 1.165) is 5.56 Å². The Morgan fingerprint density at radius 1 is 1.24 bits per heavy atom. The third kappa shape index (κ3) is 4.19. The summed E-state index contributed by atoms with van der Waals surface area (Å²) in [5.41, 5.74) is 1.55. The van der Waals surface area contributed by atoms with Gasteiger partial charge in [0, 0.05) is 32.7 Å². The van der Waals surface area contributed by atoms with E-state index in [0.29, 0.717) is 43.3 Å². The van der Waals surface area contributed by atoms with E-state index in [2.05, 4.69) is 4.90 Å². The van der Waals surface area contributed by atoms with E-state index in [4.69, 9.17) is 16.7 Å². The Bertz CT molecular complexity index is 540. The van der Waals surface area contributed by atoms with Gasteiger partial charge < -0.3 is 10.0 Å². The molecule has 0 bridgehead atoms. The molecule has 1 aliphatic heterocycles. The molecule has 1 aliphatic rings. The molecule has 1 aromatic carbocycles. The molecule has 0 radical (unpaired) electrons. The second-order valence-corrected chi connectivity index (χ2v) is 5.67. The normalized spacial score (nSPS) is 16.0. The van der Waals surface area contributed by atoms with Gasteiger partial charge in [-0.25, -0.2) is 0 Å². The van der Waals surface area contributed by atoms with Gasteiger partial charge in [-0.05, 0) is 24.6 Å².